The first kappa shape index (κ1) is 20.2. The number of nitrogens with zero attached hydrogens (tertiary/aromatic N) is 3. The molecule has 26 heavy (non-hydrogen) atoms. The van der Waals surface area contributed by atoms with Crippen LogP contribution < -0.4 is 0 Å². The van der Waals surface area contributed by atoms with Gasteiger partial charge in [0.05, 0.1) is 19.0 Å². The molecule has 1 heterocycles. The Kier molecular flexibility index (Phi) is 8.88. The molecule has 0 saturated heterocycles. The predicted molar refractivity (Wildman–Crippen MR) is 103 cm³/mol. The second kappa shape index (κ2) is 11.5. The fraction of sp³-hybridized carbons (Fsp3) is 0.389. The van der Waals surface area contributed by atoms with E-state index in [1.807, 2.05) is 42.5 Å². The van der Waals surface area contributed by atoms with Crippen LogP contribution in [0.15, 0.2) is 35.5 Å². The summed E-state index contributed by atoms with van der Waals surface area (Å²) >= 11 is 1.31. The predicted octanol–water partition coefficient (Wildman–Crippen LogP) is 2.19. The van der Waals surface area contributed by atoms with Crippen LogP contribution in [0.25, 0.3) is 12.2 Å². The van der Waals surface area contributed by atoms with E-state index in [2.05, 4.69) is 15.2 Å². The van der Waals surface area contributed by atoms with Crippen LogP contribution in [0.2, 0.25) is 0 Å². The molecular formula is C18H24N4O3S. The van der Waals surface area contributed by atoms with E-state index in [-0.39, 0.29) is 11.7 Å². The molecule has 140 valence electrons. The summed E-state index contributed by atoms with van der Waals surface area (Å²) in [6, 6.07) is 9.95. The molecule has 7 nitrogen and oxygen atoms in total. The minimum Gasteiger partial charge on any atom is -0.383 e. The maximum absolute atomic E-state index is 12.4. The Hall–Kier alpha value is -2.16. The summed E-state index contributed by atoms with van der Waals surface area (Å²) in [5, 5.41) is 7.55. The second-order valence-electron chi connectivity index (χ2n) is 5.40. The third-order valence-electron chi connectivity index (χ3n) is 3.52. The van der Waals surface area contributed by atoms with Crippen LogP contribution in [0.1, 0.15) is 11.4 Å². The van der Waals surface area contributed by atoms with Gasteiger partial charge in [0.15, 0.2) is 0 Å². The molecule has 8 heteroatoms. The maximum atomic E-state index is 12.4. The lowest BCUT2D eigenvalue weighted by atomic mass is 10.2. The third-order valence-corrected chi connectivity index (χ3v) is 4.36. The number of carbonyl (C=O) groups excluding carboxylic acids is 1. The van der Waals surface area contributed by atoms with Crippen LogP contribution in [0.4, 0.5) is 0 Å². The van der Waals surface area contributed by atoms with Crippen LogP contribution in [-0.4, -0.2) is 72.3 Å². The molecule has 0 unspecified atom stereocenters. The minimum absolute atomic E-state index is 0.00952. The topological polar surface area (TPSA) is 80.3 Å². The summed E-state index contributed by atoms with van der Waals surface area (Å²) < 4.78 is 10.1. The standard InChI is InChI=1S/C18H24N4O3S/c1-24-12-10-22(11-13-25-2)17(23)14-26-18-19-16(20-21-18)9-8-15-6-4-3-5-7-15/h3-9H,10-14H2,1-2H3,(H,19,20,21)/b9-8+. The molecule has 1 aromatic carbocycles. The fourth-order valence-electron chi connectivity index (χ4n) is 2.12. The van der Waals surface area contributed by atoms with Gasteiger partial charge < -0.3 is 14.4 Å². The lowest BCUT2D eigenvalue weighted by molar-refractivity contribution is -0.129. The van der Waals surface area contributed by atoms with E-state index in [4.69, 9.17) is 9.47 Å². The molecule has 2 aromatic rings. The summed E-state index contributed by atoms with van der Waals surface area (Å²) in [4.78, 5) is 18.5. The maximum Gasteiger partial charge on any atom is 0.233 e. The van der Waals surface area contributed by atoms with Crippen molar-refractivity contribution in [2.24, 2.45) is 0 Å². The molecule has 0 saturated carbocycles. The van der Waals surface area contributed by atoms with Crippen molar-refractivity contribution in [3.63, 3.8) is 0 Å². The van der Waals surface area contributed by atoms with Crippen LogP contribution in [-0.2, 0) is 14.3 Å². The summed E-state index contributed by atoms with van der Waals surface area (Å²) in [6.07, 6.45) is 3.81. The van der Waals surface area contributed by atoms with Gasteiger partial charge in [0.25, 0.3) is 0 Å². The van der Waals surface area contributed by atoms with Crippen LogP contribution in [0.3, 0.4) is 0 Å². The molecule has 1 amide bonds. The highest BCUT2D eigenvalue weighted by Gasteiger charge is 2.14. The number of aromatic amines is 1. The van der Waals surface area contributed by atoms with E-state index < -0.39 is 0 Å². The monoisotopic (exact) mass is 376 g/mol. The highest BCUT2D eigenvalue weighted by Crippen LogP contribution is 2.14. The summed E-state index contributed by atoms with van der Waals surface area (Å²) in [5.41, 5.74) is 1.08. The Bertz CT molecular complexity index is 683. The number of amides is 1. The zero-order valence-electron chi connectivity index (χ0n) is 15.1. The number of nitrogens with one attached hydrogen (secondary N) is 1. The average Bonchev–Trinajstić information content (AvgIpc) is 3.13. The Morgan fingerprint density at radius 3 is 2.50 bits per heavy atom. The first-order valence-electron chi connectivity index (χ1n) is 8.27. The molecule has 1 N–H and O–H groups in total. The van der Waals surface area contributed by atoms with Gasteiger partial charge in [-0.2, -0.15) is 0 Å². The number of methoxy groups -OCH3 is 2. The van der Waals surface area contributed by atoms with Gasteiger partial charge in [0.1, 0.15) is 5.82 Å². The van der Waals surface area contributed by atoms with Crippen molar-refractivity contribution in [3.05, 3.63) is 41.7 Å². The van der Waals surface area contributed by atoms with Crippen molar-refractivity contribution in [3.8, 4) is 0 Å². The number of ether oxygens (including phenoxy) is 2. The molecule has 2 rings (SSSR count). The molecular weight excluding hydrogens is 352 g/mol. The Morgan fingerprint density at radius 2 is 1.85 bits per heavy atom. The summed E-state index contributed by atoms with van der Waals surface area (Å²) in [5.74, 6) is 0.933. The number of rotatable bonds is 11. The van der Waals surface area contributed by atoms with Crippen LogP contribution >= 0.6 is 11.8 Å². The Morgan fingerprint density at radius 1 is 1.15 bits per heavy atom. The zero-order chi connectivity index (χ0) is 18.6. The second-order valence-corrected chi connectivity index (χ2v) is 6.34. The SMILES string of the molecule is COCCN(CCOC)C(=O)CSc1n[nH]c(/C=C/c2ccccc2)n1. The fourth-order valence-corrected chi connectivity index (χ4v) is 2.83. The van der Waals surface area contributed by atoms with Crippen molar-refractivity contribution < 1.29 is 14.3 Å². The lowest BCUT2D eigenvalue weighted by Crippen LogP contribution is -2.37. The smallest absolute Gasteiger partial charge is 0.233 e. The van der Waals surface area contributed by atoms with Gasteiger partial charge in [-0.1, -0.05) is 48.2 Å². The number of carbonyl (C=O) groups is 1. The number of benzene rings is 1. The summed E-state index contributed by atoms with van der Waals surface area (Å²) in [7, 11) is 3.23. The molecule has 1 aromatic heterocycles. The molecule has 0 aliphatic heterocycles. The number of hydrogen-bond acceptors (Lipinski definition) is 6. The number of aromatic nitrogens is 3. The third kappa shape index (κ3) is 6.99. The van der Waals surface area contributed by atoms with Gasteiger partial charge >= 0.3 is 0 Å². The van der Waals surface area contributed by atoms with Crippen LogP contribution in [0, 0.1) is 0 Å². The number of H-pyrrole nitrogens is 1. The highest BCUT2D eigenvalue weighted by atomic mass is 32.2. The molecule has 0 atom stereocenters. The van der Waals surface area contributed by atoms with E-state index in [1.165, 1.54) is 11.8 Å². The van der Waals surface area contributed by atoms with Gasteiger partial charge in [0, 0.05) is 27.3 Å². The van der Waals surface area contributed by atoms with E-state index >= 15 is 0 Å². The van der Waals surface area contributed by atoms with Crippen LogP contribution in [0.5, 0.6) is 0 Å². The number of thioether (sulfide) groups is 1. The normalized spacial score (nSPS) is 11.2. The van der Waals surface area contributed by atoms with Gasteiger partial charge in [-0.15, -0.1) is 5.10 Å². The first-order valence-corrected chi connectivity index (χ1v) is 9.25. The minimum atomic E-state index is 0.00952. The van der Waals surface area contributed by atoms with Crippen molar-refractivity contribution in [1.29, 1.82) is 0 Å². The quantitative estimate of drug-likeness (QED) is 0.606. The molecule has 0 spiro atoms. The largest absolute Gasteiger partial charge is 0.383 e. The molecule has 0 aliphatic carbocycles. The summed E-state index contributed by atoms with van der Waals surface area (Å²) in [6.45, 7) is 2.07. The molecule has 0 radical (unpaired) electrons. The number of hydrogen-bond donors (Lipinski definition) is 1. The van der Waals surface area contributed by atoms with Crippen molar-refractivity contribution >= 4 is 29.8 Å². The molecule has 0 fully saturated rings. The average molecular weight is 376 g/mol. The zero-order valence-corrected chi connectivity index (χ0v) is 15.9. The van der Waals surface area contributed by atoms with Crippen molar-refractivity contribution in [1.82, 2.24) is 20.1 Å². The molecule has 0 bridgehead atoms. The van der Waals surface area contributed by atoms with Crippen molar-refractivity contribution in [2.45, 2.75) is 5.16 Å². The van der Waals surface area contributed by atoms with E-state index in [0.29, 0.717) is 37.3 Å². The Balaban J connectivity index is 1.85. The van der Waals surface area contributed by atoms with Gasteiger partial charge in [-0.05, 0) is 11.6 Å². The van der Waals surface area contributed by atoms with E-state index in [1.54, 1.807) is 19.1 Å². The Labute approximate surface area is 157 Å². The highest BCUT2D eigenvalue weighted by molar-refractivity contribution is 7.99. The lowest BCUT2D eigenvalue weighted by Gasteiger charge is -2.21. The van der Waals surface area contributed by atoms with Gasteiger partial charge in [0.2, 0.25) is 11.1 Å². The first-order chi connectivity index (χ1) is 12.7. The molecule has 0 aliphatic rings. The van der Waals surface area contributed by atoms with E-state index in [9.17, 15) is 4.79 Å². The van der Waals surface area contributed by atoms with Gasteiger partial charge in [-0.25, -0.2) is 4.98 Å². The van der Waals surface area contributed by atoms with E-state index in [0.717, 1.165) is 5.56 Å². The van der Waals surface area contributed by atoms with Crippen molar-refractivity contribution in [2.75, 3.05) is 46.3 Å². The van der Waals surface area contributed by atoms with Gasteiger partial charge in [-0.3, -0.25) is 9.89 Å².